The zero-order valence-electron chi connectivity index (χ0n) is 24.9. The maximum atomic E-state index is 9.80. The van der Waals surface area contributed by atoms with Crippen molar-refractivity contribution in [2.45, 2.75) is 0 Å². The van der Waals surface area contributed by atoms with E-state index in [1.54, 1.807) is 0 Å². The Morgan fingerprint density at radius 2 is 0.826 bits per heavy atom. The zero-order chi connectivity index (χ0) is 30.6. The standard InChI is InChI=1S/C43H27N3/c44-28-29-20-22-42-38(24-29)39-27-33(21-23-43(39)46(42)34-14-8-12-31(25-34)30-10-2-1-3-11-30)32-13-9-15-35(26-32)45-40-18-6-4-16-36(40)37-17-5-7-19-41(37)45/h1-27H. The highest BCUT2D eigenvalue weighted by molar-refractivity contribution is 6.11. The van der Waals surface area contributed by atoms with Crippen LogP contribution in [0.3, 0.4) is 0 Å². The van der Waals surface area contributed by atoms with E-state index in [1.165, 1.54) is 32.9 Å². The Bertz CT molecular complexity index is 2600. The van der Waals surface area contributed by atoms with E-state index in [4.69, 9.17) is 0 Å². The molecule has 0 spiro atoms. The number of nitriles is 1. The number of hydrogen-bond acceptors (Lipinski definition) is 1. The van der Waals surface area contributed by atoms with Gasteiger partial charge in [0.05, 0.1) is 33.7 Å². The van der Waals surface area contributed by atoms with Gasteiger partial charge in [0.1, 0.15) is 0 Å². The van der Waals surface area contributed by atoms with Gasteiger partial charge in [0.25, 0.3) is 0 Å². The molecule has 214 valence electrons. The summed E-state index contributed by atoms with van der Waals surface area (Å²) in [6.45, 7) is 0. The van der Waals surface area contributed by atoms with Crippen LogP contribution in [0.2, 0.25) is 0 Å². The molecule has 0 atom stereocenters. The van der Waals surface area contributed by atoms with Crippen LogP contribution in [0.1, 0.15) is 5.56 Å². The minimum absolute atomic E-state index is 0.656. The van der Waals surface area contributed by atoms with Gasteiger partial charge in [-0.3, -0.25) is 0 Å². The van der Waals surface area contributed by atoms with Gasteiger partial charge in [-0.15, -0.1) is 0 Å². The molecule has 0 bridgehead atoms. The average Bonchev–Trinajstić information content (AvgIpc) is 3.64. The molecule has 0 unspecified atom stereocenters. The molecule has 0 N–H and O–H groups in total. The number of rotatable bonds is 4. The van der Waals surface area contributed by atoms with Crippen molar-refractivity contribution in [1.29, 1.82) is 5.26 Å². The summed E-state index contributed by atoms with van der Waals surface area (Å²) >= 11 is 0. The van der Waals surface area contributed by atoms with Crippen LogP contribution in [0, 0.1) is 11.3 Å². The molecule has 3 nitrogen and oxygen atoms in total. The van der Waals surface area contributed by atoms with Gasteiger partial charge in [0.15, 0.2) is 0 Å². The van der Waals surface area contributed by atoms with Crippen molar-refractivity contribution in [3.8, 4) is 39.7 Å². The van der Waals surface area contributed by atoms with Crippen molar-refractivity contribution >= 4 is 43.6 Å². The second-order valence-corrected chi connectivity index (χ2v) is 11.7. The van der Waals surface area contributed by atoms with Crippen LogP contribution in [-0.2, 0) is 0 Å². The van der Waals surface area contributed by atoms with Crippen LogP contribution in [0.15, 0.2) is 164 Å². The van der Waals surface area contributed by atoms with E-state index in [9.17, 15) is 5.26 Å². The van der Waals surface area contributed by atoms with E-state index in [0.717, 1.165) is 44.3 Å². The molecule has 46 heavy (non-hydrogen) atoms. The van der Waals surface area contributed by atoms with Crippen molar-refractivity contribution in [2.75, 3.05) is 0 Å². The molecule has 0 aliphatic rings. The Balaban J connectivity index is 1.23. The molecule has 0 radical (unpaired) electrons. The minimum Gasteiger partial charge on any atom is -0.309 e. The second-order valence-electron chi connectivity index (χ2n) is 11.7. The van der Waals surface area contributed by atoms with Gasteiger partial charge in [-0.05, 0) is 89.0 Å². The lowest BCUT2D eigenvalue weighted by molar-refractivity contribution is 1.18. The maximum absolute atomic E-state index is 9.80. The highest BCUT2D eigenvalue weighted by Gasteiger charge is 2.16. The molecule has 0 fully saturated rings. The average molecular weight is 586 g/mol. The van der Waals surface area contributed by atoms with Gasteiger partial charge in [-0.2, -0.15) is 5.26 Å². The first kappa shape index (κ1) is 26.1. The molecule has 3 heteroatoms. The molecule has 2 heterocycles. The molecule has 7 aromatic carbocycles. The lowest BCUT2D eigenvalue weighted by atomic mass is 10.0. The number of hydrogen-bond donors (Lipinski definition) is 0. The summed E-state index contributed by atoms with van der Waals surface area (Å²) in [5.74, 6) is 0. The number of nitrogens with zero attached hydrogens (tertiary/aromatic N) is 3. The first-order chi connectivity index (χ1) is 22.8. The highest BCUT2D eigenvalue weighted by Crippen LogP contribution is 2.38. The summed E-state index contributed by atoms with van der Waals surface area (Å²) in [5.41, 5.74) is 12.1. The predicted octanol–water partition coefficient (Wildman–Crippen LogP) is 11.1. The van der Waals surface area contributed by atoms with E-state index >= 15 is 0 Å². The molecule has 0 aliphatic carbocycles. The van der Waals surface area contributed by atoms with Crippen molar-refractivity contribution in [3.63, 3.8) is 0 Å². The largest absolute Gasteiger partial charge is 0.309 e. The fourth-order valence-corrected chi connectivity index (χ4v) is 7.03. The van der Waals surface area contributed by atoms with Crippen molar-refractivity contribution in [1.82, 2.24) is 9.13 Å². The third-order valence-electron chi connectivity index (χ3n) is 9.12. The van der Waals surface area contributed by atoms with Crippen LogP contribution in [0.25, 0.3) is 77.2 Å². The fourth-order valence-electron chi connectivity index (χ4n) is 7.03. The smallest absolute Gasteiger partial charge is 0.0991 e. The third kappa shape index (κ3) is 4.05. The van der Waals surface area contributed by atoms with Gasteiger partial charge in [-0.25, -0.2) is 0 Å². The van der Waals surface area contributed by atoms with E-state index in [1.807, 2.05) is 18.2 Å². The summed E-state index contributed by atoms with van der Waals surface area (Å²) in [7, 11) is 0. The minimum atomic E-state index is 0.656. The Hall–Kier alpha value is -6.37. The summed E-state index contributed by atoms with van der Waals surface area (Å²) in [5, 5.41) is 14.5. The molecular weight excluding hydrogens is 558 g/mol. The molecule has 2 aromatic heterocycles. The molecule has 9 rings (SSSR count). The van der Waals surface area contributed by atoms with Crippen LogP contribution in [0.4, 0.5) is 0 Å². The quantitative estimate of drug-likeness (QED) is 0.202. The zero-order valence-corrected chi connectivity index (χ0v) is 24.9. The number of para-hydroxylation sites is 2. The molecule has 9 aromatic rings. The molecule has 0 amide bonds. The normalized spacial score (nSPS) is 11.5. The van der Waals surface area contributed by atoms with Crippen molar-refractivity contribution < 1.29 is 0 Å². The Morgan fingerprint density at radius 3 is 1.46 bits per heavy atom. The van der Waals surface area contributed by atoms with E-state index in [0.29, 0.717) is 5.56 Å². The predicted molar refractivity (Wildman–Crippen MR) is 191 cm³/mol. The Kier molecular flexibility index (Phi) is 5.88. The van der Waals surface area contributed by atoms with Gasteiger partial charge < -0.3 is 9.13 Å². The lowest BCUT2D eigenvalue weighted by Crippen LogP contribution is -1.95. The van der Waals surface area contributed by atoms with Crippen LogP contribution in [0.5, 0.6) is 0 Å². The highest BCUT2D eigenvalue weighted by atomic mass is 15.0. The molecule has 0 saturated carbocycles. The third-order valence-corrected chi connectivity index (χ3v) is 9.12. The topological polar surface area (TPSA) is 33.6 Å². The Morgan fingerprint density at radius 1 is 0.348 bits per heavy atom. The van der Waals surface area contributed by atoms with E-state index in [-0.39, 0.29) is 0 Å². The number of benzene rings is 7. The Labute approximate surface area is 266 Å². The SMILES string of the molecule is N#Cc1ccc2c(c1)c1cc(-c3cccc(-n4c5ccccc5c5ccccc54)c3)ccc1n2-c1cccc(-c2ccccc2)c1. The number of fused-ring (bicyclic) bond motifs is 6. The number of aromatic nitrogens is 2. The van der Waals surface area contributed by atoms with Crippen molar-refractivity contribution in [3.05, 3.63) is 169 Å². The summed E-state index contributed by atoms with van der Waals surface area (Å²) in [6.07, 6.45) is 0. The van der Waals surface area contributed by atoms with Crippen LogP contribution >= 0.6 is 0 Å². The first-order valence-corrected chi connectivity index (χ1v) is 15.5. The second kappa shape index (κ2) is 10.4. The van der Waals surface area contributed by atoms with Gasteiger partial charge in [0, 0.05) is 32.9 Å². The van der Waals surface area contributed by atoms with Gasteiger partial charge in [-0.1, -0.05) is 97.1 Å². The summed E-state index contributed by atoms with van der Waals surface area (Å²) in [6, 6.07) is 60.3. The van der Waals surface area contributed by atoms with Crippen molar-refractivity contribution in [2.24, 2.45) is 0 Å². The lowest BCUT2D eigenvalue weighted by Gasteiger charge is -2.12. The van der Waals surface area contributed by atoms with Crippen LogP contribution < -0.4 is 0 Å². The maximum Gasteiger partial charge on any atom is 0.0991 e. The summed E-state index contributed by atoms with van der Waals surface area (Å²) in [4.78, 5) is 0. The van der Waals surface area contributed by atoms with Gasteiger partial charge in [0.2, 0.25) is 0 Å². The molecule has 0 saturated heterocycles. The van der Waals surface area contributed by atoms with E-state index in [2.05, 4.69) is 161 Å². The molecular formula is C43H27N3. The molecule has 0 aliphatic heterocycles. The van der Waals surface area contributed by atoms with E-state index < -0.39 is 0 Å². The van der Waals surface area contributed by atoms with Gasteiger partial charge >= 0.3 is 0 Å². The monoisotopic (exact) mass is 585 g/mol. The summed E-state index contributed by atoms with van der Waals surface area (Å²) < 4.78 is 4.67. The first-order valence-electron chi connectivity index (χ1n) is 15.5. The fraction of sp³-hybridized carbons (Fsp3) is 0. The van der Waals surface area contributed by atoms with Crippen LogP contribution in [-0.4, -0.2) is 9.13 Å².